The van der Waals surface area contributed by atoms with Crippen molar-refractivity contribution in [1.29, 1.82) is 0 Å². The van der Waals surface area contributed by atoms with E-state index in [-0.39, 0.29) is 11.4 Å². The van der Waals surface area contributed by atoms with Gasteiger partial charge in [0.25, 0.3) is 0 Å². The average molecular weight is 428 g/mol. The molecule has 0 spiro atoms. The number of esters is 1. The summed E-state index contributed by atoms with van der Waals surface area (Å²) in [7, 11) is 3.12. The lowest BCUT2D eigenvalue weighted by Gasteiger charge is -2.31. The minimum Gasteiger partial charge on any atom is -0.496 e. The van der Waals surface area contributed by atoms with Crippen molar-refractivity contribution in [3.8, 4) is 16.9 Å². The number of anilines is 1. The zero-order chi connectivity index (χ0) is 22.9. The van der Waals surface area contributed by atoms with Crippen LogP contribution >= 0.6 is 0 Å². The Kier molecular flexibility index (Phi) is 5.79. The van der Waals surface area contributed by atoms with Gasteiger partial charge in [0.15, 0.2) is 0 Å². The van der Waals surface area contributed by atoms with Gasteiger partial charge in [-0.3, -0.25) is 0 Å². The summed E-state index contributed by atoms with van der Waals surface area (Å²) >= 11 is 0. The SMILES string of the molecule is COC(=O)[C@@H](Nc1ccc2ccccc2c1-c1c(OC)ccc2ccccc12)C(C)(C)C. The number of nitrogens with one attached hydrogen (secondary N) is 1. The lowest BCUT2D eigenvalue weighted by atomic mass is 9.85. The van der Waals surface area contributed by atoms with E-state index in [2.05, 4.69) is 41.7 Å². The van der Waals surface area contributed by atoms with Crippen molar-refractivity contribution >= 4 is 33.2 Å². The first-order valence-corrected chi connectivity index (χ1v) is 10.8. The Labute approximate surface area is 189 Å². The van der Waals surface area contributed by atoms with E-state index in [1.807, 2.05) is 57.2 Å². The van der Waals surface area contributed by atoms with Crippen molar-refractivity contribution in [1.82, 2.24) is 0 Å². The summed E-state index contributed by atoms with van der Waals surface area (Å²) in [6.07, 6.45) is 0. The highest BCUT2D eigenvalue weighted by Gasteiger charge is 2.33. The van der Waals surface area contributed by atoms with Crippen LogP contribution in [0.3, 0.4) is 0 Å². The smallest absolute Gasteiger partial charge is 0.328 e. The van der Waals surface area contributed by atoms with Crippen LogP contribution in [-0.2, 0) is 9.53 Å². The molecule has 0 aliphatic rings. The Morgan fingerprint density at radius 3 is 1.91 bits per heavy atom. The number of rotatable bonds is 5. The second-order valence-electron chi connectivity index (χ2n) is 9.04. The monoisotopic (exact) mass is 427 g/mol. The van der Waals surface area contributed by atoms with Crippen molar-refractivity contribution in [3.05, 3.63) is 72.8 Å². The molecule has 4 heteroatoms. The Balaban J connectivity index is 2.06. The number of hydrogen-bond donors (Lipinski definition) is 1. The van der Waals surface area contributed by atoms with E-state index in [4.69, 9.17) is 9.47 Å². The summed E-state index contributed by atoms with van der Waals surface area (Å²) in [6.45, 7) is 6.09. The third-order valence-corrected chi connectivity index (χ3v) is 5.89. The fourth-order valence-corrected chi connectivity index (χ4v) is 4.24. The van der Waals surface area contributed by atoms with Crippen LogP contribution in [-0.4, -0.2) is 26.2 Å². The minimum atomic E-state index is -0.520. The Morgan fingerprint density at radius 2 is 1.34 bits per heavy atom. The Bertz CT molecular complexity index is 1290. The van der Waals surface area contributed by atoms with Crippen LogP contribution in [0.15, 0.2) is 72.8 Å². The molecule has 0 heterocycles. The Morgan fingerprint density at radius 1 is 0.781 bits per heavy atom. The molecule has 0 aliphatic carbocycles. The van der Waals surface area contributed by atoms with Gasteiger partial charge in [-0.05, 0) is 39.1 Å². The van der Waals surface area contributed by atoms with E-state index in [1.165, 1.54) is 7.11 Å². The molecule has 0 aliphatic heterocycles. The van der Waals surface area contributed by atoms with Crippen LogP contribution in [0.4, 0.5) is 5.69 Å². The highest BCUT2D eigenvalue weighted by atomic mass is 16.5. The largest absolute Gasteiger partial charge is 0.496 e. The molecule has 4 aromatic carbocycles. The third kappa shape index (κ3) is 3.89. The van der Waals surface area contributed by atoms with Gasteiger partial charge in [0.05, 0.1) is 14.2 Å². The maximum atomic E-state index is 12.7. The van der Waals surface area contributed by atoms with Crippen molar-refractivity contribution in [2.24, 2.45) is 5.41 Å². The lowest BCUT2D eigenvalue weighted by Crippen LogP contribution is -2.42. The predicted molar refractivity (Wildman–Crippen MR) is 132 cm³/mol. The van der Waals surface area contributed by atoms with Crippen LogP contribution in [0.1, 0.15) is 20.8 Å². The highest BCUT2D eigenvalue weighted by molar-refractivity contribution is 6.12. The van der Waals surface area contributed by atoms with E-state index in [0.717, 1.165) is 44.1 Å². The molecule has 0 saturated heterocycles. The van der Waals surface area contributed by atoms with Crippen molar-refractivity contribution in [2.75, 3.05) is 19.5 Å². The number of benzene rings is 4. The summed E-state index contributed by atoms with van der Waals surface area (Å²) in [5, 5.41) is 7.94. The summed E-state index contributed by atoms with van der Waals surface area (Å²) in [5.41, 5.74) is 2.53. The van der Waals surface area contributed by atoms with Gasteiger partial charge < -0.3 is 14.8 Å². The number of carbonyl (C=O) groups excluding carboxylic acids is 1. The third-order valence-electron chi connectivity index (χ3n) is 5.89. The topological polar surface area (TPSA) is 47.6 Å². The summed E-state index contributed by atoms with van der Waals surface area (Å²) in [4.78, 5) is 12.7. The fraction of sp³-hybridized carbons (Fsp3) is 0.250. The van der Waals surface area contributed by atoms with Crippen LogP contribution in [0.25, 0.3) is 32.7 Å². The second kappa shape index (κ2) is 8.54. The summed E-state index contributed by atoms with van der Waals surface area (Å²) < 4.78 is 11.0. The Hall–Kier alpha value is -3.53. The van der Waals surface area contributed by atoms with Gasteiger partial charge in [0, 0.05) is 16.8 Å². The molecule has 4 rings (SSSR count). The first-order chi connectivity index (χ1) is 15.3. The molecule has 32 heavy (non-hydrogen) atoms. The molecule has 0 saturated carbocycles. The van der Waals surface area contributed by atoms with Crippen LogP contribution in [0.2, 0.25) is 0 Å². The van der Waals surface area contributed by atoms with E-state index in [1.54, 1.807) is 7.11 Å². The maximum Gasteiger partial charge on any atom is 0.328 e. The molecule has 4 nitrogen and oxygen atoms in total. The summed E-state index contributed by atoms with van der Waals surface area (Å²) in [5.74, 6) is 0.495. The zero-order valence-electron chi connectivity index (χ0n) is 19.2. The van der Waals surface area contributed by atoms with E-state index >= 15 is 0 Å². The highest BCUT2D eigenvalue weighted by Crippen LogP contribution is 2.45. The molecule has 4 aromatic rings. The molecule has 0 aromatic heterocycles. The van der Waals surface area contributed by atoms with Gasteiger partial charge in [0.1, 0.15) is 11.8 Å². The molecular formula is C28H29NO3. The molecular weight excluding hydrogens is 398 g/mol. The molecule has 1 atom stereocenters. The van der Waals surface area contributed by atoms with Gasteiger partial charge in [-0.15, -0.1) is 0 Å². The van der Waals surface area contributed by atoms with E-state index < -0.39 is 6.04 Å². The van der Waals surface area contributed by atoms with Crippen LogP contribution in [0, 0.1) is 5.41 Å². The van der Waals surface area contributed by atoms with Crippen molar-refractivity contribution < 1.29 is 14.3 Å². The molecule has 0 radical (unpaired) electrons. The molecule has 164 valence electrons. The van der Waals surface area contributed by atoms with Gasteiger partial charge in [-0.2, -0.15) is 0 Å². The molecule has 0 unspecified atom stereocenters. The lowest BCUT2D eigenvalue weighted by molar-refractivity contribution is -0.143. The second-order valence-corrected chi connectivity index (χ2v) is 9.04. The number of methoxy groups -OCH3 is 2. The fourth-order valence-electron chi connectivity index (χ4n) is 4.24. The van der Waals surface area contributed by atoms with Gasteiger partial charge in [-0.25, -0.2) is 4.79 Å². The first kappa shape index (κ1) is 21.7. The molecule has 0 bridgehead atoms. The molecule has 0 fully saturated rings. The minimum absolute atomic E-state index is 0.290. The van der Waals surface area contributed by atoms with Crippen molar-refractivity contribution in [2.45, 2.75) is 26.8 Å². The average Bonchev–Trinajstić information content (AvgIpc) is 2.80. The molecule has 0 amide bonds. The van der Waals surface area contributed by atoms with Crippen LogP contribution in [0.5, 0.6) is 5.75 Å². The van der Waals surface area contributed by atoms with Gasteiger partial charge in [0.2, 0.25) is 0 Å². The number of carbonyl (C=O) groups is 1. The normalized spacial score (nSPS) is 12.5. The standard InChI is InChI=1S/C28H29NO3/c1-28(2,3)26(27(30)32-5)29-22-16-14-18-10-6-8-12-20(18)24(22)25-21-13-9-7-11-19(21)15-17-23(25)31-4/h6-17,26,29H,1-5H3/t26-/m1/s1. The number of hydrogen-bond acceptors (Lipinski definition) is 4. The predicted octanol–water partition coefficient (Wildman–Crippen LogP) is 6.67. The van der Waals surface area contributed by atoms with Gasteiger partial charge >= 0.3 is 5.97 Å². The zero-order valence-corrected chi connectivity index (χ0v) is 19.2. The van der Waals surface area contributed by atoms with E-state index in [9.17, 15) is 4.79 Å². The van der Waals surface area contributed by atoms with Gasteiger partial charge in [-0.1, -0.05) is 81.4 Å². The first-order valence-electron chi connectivity index (χ1n) is 10.8. The van der Waals surface area contributed by atoms with Crippen molar-refractivity contribution in [3.63, 3.8) is 0 Å². The number of ether oxygens (including phenoxy) is 2. The number of fused-ring (bicyclic) bond motifs is 2. The van der Waals surface area contributed by atoms with E-state index in [0.29, 0.717) is 0 Å². The maximum absolute atomic E-state index is 12.7. The summed E-state index contributed by atoms with van der Waals surface area (Å²) in [6, 6.07) is 24.2. The molecule has 1 N–H and O–H groups in total. The van der Waals surface area contributed by atoms with Crippen LogP contribution < -0.4 is 10.1 Å². The quantitative estimate of drug-likeness (QED) is 0.361.